The van der Waals surface area contributed by atoms with Gasteiger partial charge in [-0.3, -0.25) is 9.59 Å². The number of carbonyl (C=O) groups is 2. The van der Waals surface area contributed by atoms with Gasteiger partial charge in [0.1, 0.15) is 11.4 Å². The number of amides is 2. The molecule has 1 N–H and O–H groups in total. The third kappa shape index (κ3) is 3.92. The molecule has 2 aliphatic rings. The molecule has 0 aromatic carbocycles. The Morgan fingerprint density at radius 3 is 2.92 bits per heavy atom. The number of nitrogens with zero attached hydrogens (tertiary/aromatic N) is 3. The lowest BCUT2D eigenvalue weighted by molar-refractivity contribution is -0.139. The van der Waals surface area contributed by atoms with E-state index in [1.54, 1.807) is 13.2 Å². The summed E-state index contributed by atoms with van der Waals surface area (Å²) < 4.78 is 5.11. The quantitative estimate of drug-likeness (QED) is 0.887. The fourth-order valence-corrected chi connectivity index (χ4v) is 3.90. The molecule has 3 rings (SSSR count). The van der Waals surface area contributed by atoms with Crippen molar-refractivity contribution in [1.29, 1.82) is 0 Å². The zero-order valence-corrected chi connectivity index (χ0v) is 14.6. The van der Waals surface area contributed by atoms with Crippen LogP contribution < -0.4 is 0 Å². The minimum Gasteiger partial charge on any atom is -0.506 e. The average Bonchev–Trinajstić information content (AvgIpc) is 2.63. The van der Waals surface area contributed by atoms with Crippen LogP contribution in [0.25, 0.3) is 0 Å². The minimum atomic E-state index is -0.112. The van der Waals surface area contributed by atoms with Crippen LogP contribution in [0.15, 0.2) is 18.3 Å². The number of methoxy groups -OCH3 is 1. The van der Waals surface area contributed by atoms with Gasteiger partial charge in [-0.2, -0.15) is 0 Å². The van der Waals surface area contributed by atoms with Crippen molar-refractivity contribution >= 4 is 11.8 Å². The zero-order valence-electron chi connectivity index (χ0n) is 14.6. The Morgan fingerprint density at radius 1 is 1.36 bits per heavy atom. The molecule has 2 fully saturated rings. The first-order valence-electron chi connectivity index (χ1n) is 8.74. The monoisotopic (exact) mass is 347 g/mol. The third-order valence-electron chi connectivity index (χ3n) is 5.23. The number of likely N-dealkylation sites (tertiary alicyclic amines) is 2. The molecule has 7 heteroatoms. The van der Waals surface area contributed by atoms with Crippen molar-refractivity contribution in [3.63, 3.8) is 0 Å². The molecule has 1 atom stereocenters. The van der Waals surface area contributed by atoms with Gasteiger partial charge in [-0.25, -0.2) is 4.98 Å². The Kier molecular flexibility index (Phi) is 5.22. The number of hydrogen-bond acceptors (Lipinski definition) is 5. The van der Waals surface area contributed by atoms with E-state index in [2.05, 4.69) is 4.98 Å². The summed E-state index contributed by atoms with van der Waals surface area (Å²) in [5, 5.41) is 9.34. The molecule has 7 nitrogen and oxygen atoms in total. The lowest BCUT2D eigenvalue weighted by atomic mass is 9.73. The largest absolute Gasteiger partial charge is 0.506 e. The first-order valence-corrected chi connectivity index (χ1v) is 8.74. The molecule has 136 valence electrons. The molecular weight excluding hydrogens is 322 g/mol. The highest BCUT2D eigenvalue weighted by molar-refractivity contribution is 5.92. The van der Waals surface area contributed by atoms with Crippen molar-refractivity contribution in [2.75, 3.05) is 39.9 Å². The van der Waals surface area contributed by atoms with E-state index in [1.165, 1.54) is 12.3 Å². The van der Waals surface area contributed by atoms with Crippen LogP contribution in [-0.2, 0) is 9.53 Å². The van der Waals surface area contributed by atoms with Gasteiger partial charge < -0.3 is 19.6 Å². The van der Waals surface area contributed by atoms with Gasteiger partial charge in [0.05, 0.1) is 12.8 Å². The Balaban J connectivity index is 1.70. The number of aromatic hydroxyl groups is 1. The molecule has 0 radical (unpaired) electrons. The minimum absolute atomic E-state index is 0.0352. The first kappa shape index (κ1) is 17.7. The molecule has 0 aliphatic carbocycles. The fourth-order valence-electron chi connectivity index (χ4n) is 3.90. The number of ether oxygens (including phenoxy) is 1. The van der Waals surface area contributed by atoms with Crippen LogP contribution in [0.5, 0.6) is 5.75 Å². The van der Waals surface area contributed by atoms with Crippen LogP contribution in [0.3, 0.4) is 0 Å². The van der Waals surface area contributed by atoms with Crippen molar-refractivity contribution in [3.05, 3.63) is 24.0 Å². The molecule has 2 aliphatic heterocycles. The highest BCUT2D eigenvalue weighted by Crippen LogP contribution is 2.39. The van der Waals surface area contributed by atoms with Gasteiger partial charge in [-0.15, -0.1) is 0 Å². The molecule has 2 amide bonds. The molecular formula is C18H25N3O4. The summed E-state index contributed by atoms with van der Waals surface area (Å²) in [6.45, 7) is 3.16. The van der Waals surface area contributed by atoms with E-state index in [4.69, 9.17) is 4.74 Å². The van der Waals surface area contributed by atoms with Crippen LogP contribution in [0.2, 0.25) is 0 Å². The van der Waals surface area contributed by atoms with Gasteiger partial charge in [0.25, 0.3) is 5.91 Å². The summed E-state index contributed by atoms with van der Waals surface area (Å²) >= 11 is 0. The molecule has 0 saturated carbocycles. The highest BCUT2D eigenvalue weighted by atomic mass is 16.5. The first-order chi connectivity index (χ1) is 12.0. The van der Waals surface area contributed by atoms with Crippen molar-refractivity contribution in [2.24, 2.45) is 5.41 Å². The highest BCUT2D eigenvalue weighted by Gasteiger charge is 2.42. The average molecular weight is 347 g/mol. The maximum absolute atomic E-state index is 12.7. The molecule has 0 unspecified atom stereocenters. The van der Waals surface area contributed by atoms with Crippen molar-refractivity contribution in [3.8, 4) is 5.75 Å². The second-order valence-corrected chi connectivity index (χ2v) is 7.04. The lowest BCUT2D eigenvalue weighted by Gasteiger charge is -2.48. The van der Waals surface area contributed by atoms with Gasteiger partial charge in [-0.05, 0) is 31.4 Å². The van der Waals surface area contributed by atoms with E-state index in [-0.39, 0.29) is 23.0 Å². The standard InChI is InChI=1S/C18H25N3O4/c1-25-10-9-20-12-18(7-5-16(20)23)6-2-8-21(13-18)17(24)15-4-3-14(22)11-19-15/h3-4,11,22H,2,5-10,12-13H2,1H3/t18-/m0/s1. The molecule has 1 aromatic heterocycles. The summed E-state index contributed by atoms with van der Waals surface area (Å²) in [6, 6.07) is 3.03. The number of aromatic nitrogens is 1. The van der Waals surface area contributed by atoms with Crippen LogP contribution in [0, 0.1) is 5.41 Å². The molecule has 2 saturated heterocycles. The van der Waals surface area contributed by atoms with Crippen LogP contribution in [-0.4, -0.2) is 71.6 Å². The number of piperidine rings is 2. The number of rotatable bonds is 4. The van der Waals surface area contributed by atoms with Crippen LogP contribution >= 0.6 is 0 Å². The normalized spacial score (nSPS) is 24.0. The van der Waals surface area contributed by atoms with E-state index in [1.807, 2.05) is 9.80 Å². The third-order valence-corrected chi connectivity index (χ3v) is 5.23. The second-order valence-electron chi connectivity index (χ2n) is 7.04. The summed E-state index contributed by atoms with van der Waals surface area (Å²) in [5.41, 5.74) is 0.310. The zero-order chi connectivity index (χ0) is 17.9. The van der Waals surface area contributed by atoms with Crippen LogP contribution in [0.4, 0.5) is 0 Å². The van der Waals surface area contributed by atoms with Gasteiger partial charge in [0.2, 0.25) is 5.91 Å². The van der Waals surface area contributed by atoms with E-state index < -0.39 is 0 Å². The molecule has 25 heavy (non-hydrogen) atoms. The molecule has 0 bridgehead atoms. The predicted molar refractivity (Wildman–Crippen MR) is 91.2 cm³/mol. The van der Waals surface area contributed by atoms with E-state index in [9.17, 15) is 14.7 Å². The second kappa shape index (κ2) is 7.39. The Labute approximate surface area is 147 Å². The summed E-state index contributed by atoms with van der Waals surface area (Å²) in [6.07, 6.45) is 4.59. The van der Waals surface area contributed by atoms with E-state index in [0.717, 1.165) is 19.3 Å². The Bertz CT molecular complexity index is 634. The van der Waals surface area contributed by atoms with Crippen LogP contribution in [0.1, 0.15) is 36.2 Å². The topological polar surface area (TPSA) is 83.0 Å². The van der Waals surface area contributed by atoms with Crippen molar-refractivity contribution < 1.29 is 19.4 Å². The maximum atomic E-state index is 12.7. The maximum Gasteiger partial charge on any atom is 0.272 e. The smallest absolute Gasteiger partial charge is 0.272 e. The fraction of sp³-hybridized carbons (Fsp3) is 0.611. The Hall–Kier alpha value is -2.15. The van der Waals surface area contributed by atoms with Gasteiger partial charge >= 0.3 is 0 Å². The number of hydrogen-bond donors (Lipinski definition) is 1. The lowest BCUT2D eigenvalue weighted by Crippen LogP contribution is -2.55. The number of pyridine rings is 1. The number of carbonyl (C=O) groups excluding carboxylic acids is 2. The van der Waals surface area contributed by atoms with E-state index >= 15 is 0 Å². The molecule has 1 spiro atoms. The summed E-state index contributed by atoms with van der Waals surface area (Å²) in [5.74, 6) is 0.108. The SMILES string of the molecule is COCCN1C[C@]2(CCCN(C(=O)c3ccc(O)cn3)C2)CCC1=O. The van der Waals surface area contributed by atoms with Gasteiger partial charge in [-0.1, -0.05) is 0 Å². The van der Waals surface area contributed by atoms with Crippen molar-refractivity contribution in [1.82, 2.24) is 14.8 Å². The summed E-state index contributed by atoms with van der Waals surface area (Å²) in [4.78, 5) is 32.6. The van der Waals surface area contributed by atoms with Gasteiger partial charge in [0.15, 0.2) is 0 Å². The molecule has 1 aromatic rings. The Morgan fingerprint density at radius 2 is 2.20 bits per heavy atom. The predicted octanol–water partition coefficient (Wildman–Crippen LogP) is 1.28. The van der Waals surface area contributed by atoms with Gasteiger partial charge in [0, 0.05) is 45.1 Å². The molecule has 3 heterocycles. The summed E-state index contributed by atoms with van der Waals surface area (Å²) in [7, 11) is 1.63. The van der Waals surface area contributed by atoms with Crippen molar-refractivity contribution in [2.45, 2.75) is 25.7 Å². The van der Waals surface area contributed by atoms with E-state index in [0.29, 0.717) is 44.9 Å².